The van der Waals surface area contributed by atoms with E-state index < -0.39 is 0 Å². The van der Waals surface area contributed by atoms with Crippen LogP contribution in [-0.4, -0.2) is 30.4 Å². The van der Waals surface area contributed by atoms with Crippen LogP contribution in [0, 0.1) is 23.2 Å². The largest absolute Gasteiger partial charge is 0.342 e. The molecule has 0 aliphatic rings. The first-order valence-electron chi connectivity index (χ1n) is 5.92. The number of hydrogen-bond donors (Lipinski definition) is 1. The van der Waals surface area contributed by atoms with Gasteiger partial charge in [-0.15, -0.1) is 0 Å². The van der Waals surface area contributed by atoms with E-state index in [2.05, 4.69) is 6.07 Å². The molecule has 0 heterocycles. The van der Waals surface area contributed by atoms with Gasteiger partial charge in [-0.1, -0.05) is 6.92 Å². The van der Waals surface area contributed by atoms with Crippen molar-refractivity contribution in [3.63, 3.8) is 0 Å². The molecule has 0 aromatic carbocycles. The Morgan fingerprint density at radius 2 is 2.12 bits per heavy atom. The highest BCUT2D eigenvalue weighted by Gasteiger charge is 2.15. The summed E-state index contributed by atoms with van der Waals surface area (Å²) in [4.78, 5) is 13.6. The molecule has 16 heavy (non-hydrogen) atoms. The molecule has 0 rings (SSSR count). The van der Waals surface area contributed by atoms with Crippen molar-refractivity contribution >= 4 is 5.91 Å². The van der Waals surface area contributed by atoms with Crippen molar-refractivity contribution in [2.45, 2.75) is 33.6 Å². The molecule has 0 saturated heterocycles. The lowest BCUT2D eigenvalue weighted by atomic mass is 10.1. The molecule has 0 aromatic heterocycles. The maximum Gasteiger partial charge on any atom is 0.222 e. The van der Waals surface area contributed by atoms with E-state index in [1.807, 2.05) is 20.8 Å². The monoisotopic (exact) mass is 225 g/mol. The second-order valence-corrected chi connectivity index (χ2v) is 4.34. The zero-order chi connectivity index (χ0) is 12.6. The second-order valence-electron chi connectivity index (χ2n) is 4.34. The molecule has 2 N–H and O–H groups in total. The van der Waals surface area contributed by atoms with Crippen LogP contribution in [0.2, 0.25) is 0 Å². The lowest BCUT2D eigenvalue weighted by molar-refractivity contribution is -0.131. The van der Waals surface area contributed by atoms with Gasteiger partial charge in [0.25, 0.3) is 0 Å². The third-order valence-corrected chi connectivity index (χ3v) is 2.70. The topological polar surface area (TPSA) is 70.1 Å². The van der Waals surface area contributed by atoms with Gasteiger partial charge in [-0.3, -0.25) is 4.79 Å². The van der Waals surface area contributed by atoms with E-state index in [1.54, 1.807) is 4.90 Å². The fourth-order valence-corrected chi connectivity index (χ4v) is 1.42. The number of amides is 1. The van der Waals surface area contributed by atoms with E-state index in [0.717, 1.165) is 6.42 Å². The third kappa shape index (κ3) is 5.72. The highest BCUT2D eigenvalue weighted by atomic mass is 16.2. The minimum Gasteiger partial charge on any atom is -0.342 e. The van der Waals surface area contributed by atoms with Gasteiger partial charge in [-0.2, -0.15) is 5.26 Å². The highest BCUT2D eigenvalue weighted by Crippen LogP contribution is 2.07. The van der Waals surface area contributed by atoms with Gasteiger partial charge in [-0.25, -0.2) is 0 Å². The third-order valence-electron chi connectivity index (χ3n) is 2.70. The molecule has 0 aliphatic heterocycles. The molecule has 2 unspecified atom stereocenters. The van der Waals surface area contributed by atoms with Crippen molar-refractivity contribution in [1.82, 2.24) is 4.90 Å². The van der Waals surface area contributed by atoms with E-state index >= 15 is 0 Å². The summed E-state index contributed by atoms with van der Waals surface area (Å²) in [5.74, 6) is 0.414. The molecule has 0 fully saturated rings. The van der Waals surface area contributed by atoms with Gasteiger partial charge >= 0.3 is 0 Å². The molecular weight excluding hydrogens is 202 g/mol. The molecule has 0 radical (unpaired) electrons. The summed E-state index contributed by atoms with van der Waals surface area (Å²) < 4.78 is 0. The molecule has 0 aromatic rings. The maximum atomic E-state index is 11.8. The first-order chi connectivity index (χ1) is 7.54. The van der Waals surface area contributed by atoms with Gasteiger partial charge < -0.3 is 10.6 Å². The summed E-state index contributed by atoms with van der Waals surface area (Å²) in [6, 6.07) is 2.15. The Morgan fingerprint density at radius 1 is 1.50 bits per heavy atom. The average Bonchev–Trinajstić information content (AvgIpc) is 2.31. The summed E-state index contributed by atoms with van der Waals surface area (Å²) in [5.41, 5.74) is 5.50. The van der Waals surface area contributed by atoms with Gasteiger partial charge in [0, 0.05) is 19.5 Å². The quantitative estimate of drug-likeness (QED) is 0.711. The number of carbonyl (C=O) groups is 1. The minimum absolute atomic E-state index is 0.101. The Labute approximate surface area is 98.4 Å². The molecule has 1 amide bonds. The van der Waals surface area contributed by atoms with Gasteiger partial charge in [0.05, 0.1) is 12.0 Å². The predicted octanol–water partition coefficient (Wildman–Crippen LogP) is 1.37. The average molecular weight is 225 g/mol. The minimum atomic E-state index is -0.101. The summed E-state index contributed by atoms with van der Waals surface area (Å²) in [6.07, 6.45) is 1.36. The standard InChI is InChI=1S/C12H23N3O/c1-4-15(9-11(3)8-14)12(16)6-5-10(2)7-13/h10-11H,4-7,9,13H2,1-3H3. The SMILES string of the molecule is CCN(CC(C)C#N)C(=O)CCC(C)CN. The van der Waals surface area contributed by atoms with Crippen molar-refractivity contribution < 1.29 is 4.79 Å². The molecule has 4 heteroatoms. The number of carbonyl (C=O) groups excluding carboxylic acids is 1. The van der Waals surface area contributed by atoms with Crippen LogP contribution in [0.1, 0.15) is 33.6 Å². The molecule has 2 atom stereocenters. The van der Waals surface area contributed by atoms with Gasteiger partial charge in [0.2, 0.25) is 5.91 Å². The molecule has 0 spiro atoms. The van der Waals surface area contributed by atoms with Crippen LogP contribution in [0.4, 0.5) is 0 Å². The van der Waals surface area contributed by atoms with Crippen molar-refractivity contribution in [2.24, 2.45) is 17.6 Å². The fourth-order valence-electron chi connectivity index (χ4n) is 1.42. The van der Waals surface area contributed by atoms with E-state index in [0.29, 0.717) is 32.0 Å². The fraction of sp³-hybridized carbons (Fsp3) is 0.833. The lowest BCUT2D eigenvalue weighted by Gasteiger charge is -2.22. The van der Waals surface area contributed by atoms with E-state index in [-0.39, 0.29) is 11.8 Å². The summed E-state index contributed by atoms with van der Waals surface area (Å²) in [6.45, 7) is 7.63. The second kappa shape index (κ2) is 8.12. The number of rotatable bonds is 7. The number of nitriles is 1. The van der Waals surface area contributed by atoms with Crippen molar-refractivity contribution in [2.75, 3.05) is 19.6 Å². The number of hydrogen-bond acceptors (Lipinski definition) is 3. The molecule has 4 nitrogen and oxygen atoms in total. The normalized spacial score (nSPS) is 13.9. The molecular formula is C12H23N3O. The molecule has 0 bridgehead atoms. The van der Waals surface area contributed by atoms with Crippen molar-refractivity contribution in [3.8, 4) is 6.07 Å². The summed E-state index contributed by atoms with van der Waals surface area (Å²) >= 11 is 0. The smallest absolute Gasteiger partial charge is 0.222 e. The summed E-state index contributed by atoms with van der Waals surface area (Å²) in [5, 5.41) is 8.71. The Kier molecular flexibility index (Phi) is 7.57. The van der Waals surface area contributed by atoms with E-state index in [4.69, 9.17) is 11.0 Å². The highest BCUT2D eigenvalue weighted by molar-refractivity contribution is 5.76. The van der Waals surface area contributed by atoms with Crippen LogP contribution < -0.4 is 5.73 Å². The van der Waals surface area contributed by atoms with Crippen LogP contribution in [0.3, 0.4) is 0 Å². The Bertz CT molecular complexity index is 247. The predicted molar refractivity (Wildman–Crippen MR) is 64.5 cm³/mol. The number of nitrogens with two attached hydrogens (primary N) is 1. The van der Waals surface area contributed by atoms with Gasteiger partial charge in [-0.05, 0) is 32.7 Å². The van der Waals surface area contributed by atoms with Gasteiger partial charge in [0.15, 0.2) is 0 Å². The van der Waals surface area contributed by atoms with Crippen LogP contribution >= 0.6 is 0 Å². The van der Waals surface area contributed by atoms with Crippen LogP contribution in [0.25, 0.3) is 0 Å². The van der Waals surface area contributed by atoms with Crippen LogP contribution in [0.15, 0.2) is 0 Å². The zero-order valence-electron chi connectivity index (χ0n) is 10.6. The van der Waals surface area contributed by atoms with Crippen LogP contribution in [-0.2, 0) is 4.79 Å². The Balaban J connectivity index is 4.07. The van der Waals surface area contributed by atoms with Crippen molar-refractivity contribution in [3.05, 3.63) is 0 Å². The Hall–Kier alpha value is -1.08. The maximum absolute atomic E-state index is 11.8. The van der Waals surface area contributed by atoms with Crippen molar-refractivity contribution in [1.29, 1.82) is 5.26 Å². The lowest BCUT2D eigenvalue weighted by Crippen LogP contribution is -2.34. The summed E-state index contributed by atoms with van der Waals surface area (Å²) in [7, 11) is 0. The zero-order valence-corrected chi connectivity index (χ0v) is 10.6. The van der Waals surface area contributed by atoms with E-state index in [1.165, 1.54) is 0 Å². The van der Waals surface area contributed by atoms with E-state index in [9.17, 15) is 4.79 Å². The molecule has 0 saturated carbocycles. The first-order valence-corrected chi connectivity index (χ1v) is 5.92. The van der Waals surface area contributed by atoms with Gasteiger partial charge in [0.1, 0.15) is 0 Å². The molecule has 92 valence electrons. The Morgan fingerprint density at radius 3 is 2.56 bits per heavy atom. The molecule has 0 aliphatic carbocycles. The van der Waals surface area contributed by atoms with Crippen LogP contribution in [0.5, 0.6) is 0 Å². The number of nitrogens with zero attached hydrogens (tertiary/aromatic N) is 2. The first kappa shape index (κ1) is 14.9.